The Bertz CT molecular complexity index is 1320. The molecule has 182 valence electrons. The molecule has 1 saturated heterocycles. The first-order valence-corrected chi connectivity index (χ1v) is 12.2. The number of piperidine rings is 1. The van der Waals surface area contributed by atoms with Crippen molar-refractivity contribution in [2.24, 2.45) is 11.7 Å². The van der Waals surface area contributed by atoms with Crippen LogP contribution in [0.5, 0.6) is 0 Å². The minimum absolute atomic E-state index is 0.0175. The Balaban J connectivity index is 1.34. The van der Waals surface area contributed by atoms with E-state index in [4.69, 9.17) is 17.3 Å². The van der Waals surface area contributed by atoms with Gasteiger partial charge in [0.1, 0.15) is 24.5 Å². The molecular weight excluding hydrogens is 541 g/mol. The fourth-order valence-corrected chi connectivity index (χ4v) is 5.48. The molecule has 0 radical (unpaired) electrons. The molecule has 4 atom stereocenters. The second-order valence-corrected chi connectivity index (χ2v) is 10.0. The summed E-state index contributed by atoms with van der Waals surface area (Å²) in [4.78, 5) is 27.9. The average Bonchev–Trinajstić information content (AvgIpc) is 3.31. The zero-order chi connectivity index (χ0) is 24.9. The number of nitrogens with one attached hydrogen (secondary N) is 1. The summed E-state index contributed by atoms with van der Waals surface area (Å²) < 4.78 is 17.2. The largest absolute Gasteiger partial charge is 0.373 e. The van der Waals surface area contributed by atoms with E-state index in [0.717, 1.165) is 6.42 Å². The van der Waals surface area contributed by atoms with Gasteiger partial charge in [-0.15, -0.1) is 0 Å². The normalized spacial score (nSPS) is 21.5. The number of aromatic nitrogens is 2. The van der Waals surface area contributed by atoms with Crippen LogP contribution in [0.1, 0.15) is 24.8 Å². The number of hydrogen-bond donors (Lipinski definition) is 3. The molecule has 35 heavy (non-hydrogen) atoms. The van der Waals surface area contributed by atoms with Gasteiger partial charge in [-0.25, -0.2) is 4.39 Å². The number of amides is 2. The summed E-state index contributed by atoms with van der Waals surface area (Å²) in [7, 11) is 0. The molecule has 5 rings (SSSR count). The van der Waals surface area contributed by atoms with Crippen molar-refractivity contribution in [2.75, 3.05) is 5.32 Å². The maximum absolute atomic E-state index is 15.3. The van der Waals surface area contributed by atoms with Gasteiger partial charge in [-0.1, -0.05) is 41.9 Å². The molecule has 3 aromatic rings. The summed E-state index contributed by atoms with van der Waals surface area (Å²) in [5.41, 5.74) is 6.51. The van der Waals surface area contributed by atoms with Crippen LogP contribution in [0.4, 0.5) is 10.1 Å². The molecule has 2 fully saturated rings. The van der Waals surface area contributed by atoms with E-state index in [1.807, 2.05) is 0 Å². The van der Waals surface area contributed by atoms with E-state index < -0.39 is 24.0 Å². The van der Waals surface area contributed by atoms with Crippen LogP contribution >= 0.6 is 27.5 Å². The molecule has 11 heteroatoms. The Morgan fingerprint density at radius 3 is 2.69 bits per heavy atom. The van der Waals surface area contributed by atoms with Gasteiger partial charge in [0.25, 0.3) is 0 Å². The number of likely N-dealkylation sites (tertiary alicyclic amines) is 1. The average molecular weight is 563 g/mol. The third-order valence-corrected chi connectivity index (χ3v) is 7.38. The predicted molar refractivity (Wildman–Crippen MR) is 132 cm³/mol. The highest BCUT2D eigenvalue weighted by Crippen LogP contribution is 2.48. The lowest BCUT2D eigenvalue weighted by atomic mass is 10.0. The predicted octanol–water partition coefficient (Wildman–Crippen LogP) is 3.68. The number of benzene rings is 2. The first kappa shape index (κ1) is 23.9. The Kier molecular flexibility index (Phi) is 6.39. The zero-order valence-corrected chi connectivity index (χ0v) is 20.7. The second kappa shape index (κ2) is 9.34. The monoisotopic (exact) mass is 561 g/mol. The Morgan fingerprint density at radius 1 is 1.23 bits per heavy atom. The van der Waals surface area contributed by atoms with Crippen LogP contribution < -0.4 is 11.1 Å². The molecule has 1 unspecified atom stereocenters. The minimum atomic E-state index is -1.28. The summed E-state index contributed by atoms with van der Waals surface area (Å²) >= 11 is 9.49. The van der Waals surface area contributed by atoms with E-state index in [1.165, 1.54) is 10.7 Å². The molecule has 8 nitrogen and oxygen atoms in total. The van der Waals surface area contributed by atoms with Crippen molar-refractivity contribution in [3.05, 3.63) is 69.7 Å². The van der Waals surface area contributed by atoms with Crippen LogP contribution in [0.2, 0.25) is 5.02 Å². The second-order valence-electron chi connectivity index (χ2n) is 8.76. The molecule has 4 N–H and O–H groups in total. The highest BCUT2D eigenvalue weighted by atomic mass is 79.9. The number of fused-ring (bicyclic) bond motifs is 1. The number of hydrogen-bond acceptors (Lipinski definition) is 5. The zero-order valence-electron chi connectivity index (χ0n) is 18.4. The van der Waals surface area contributed by atoms with E-state index in [0.29, 0.717) is 21.5 Å². The fraction of sp³-hybridized carbons (Fsp3) is 0.292. The first-order chi connectivity index (χ1) is 16.7. The summed E-state index contributed by atoms with van der Waals surface area (Å²) in [5, 5.41) is 16.8. The van der Waals surface area contributed by atoms with E-state index >= 15 is 4.39 Å². The molecule has 0 spiro atoms. The van der Waals surface area contributed by atoms with Gasteiger partial charge in [0.2, 0.25) is 11.8 Å². The molecule has 1 aliphatic carbocycles. The van der Waals surface area contributed by atoms with Gasteiger partial charge in [0, 0.05) is 28.4 Å². The molecule has 2 aliphatic rings. The maximum Gasteiger partial charge on any atom is 0.247 e. The molecule has 1 aromatic heterocycles. The summed E-state index contributed by atoms with van der Waals surface area (Å²) in [6.07, 6.45) is 1.62. The lowest BCUT2D eigenvalue weighted by molar-refractivity contribution is -0.138. The standard InChI is InChI=1S/C24H22BrClFN5O3/c25-15-10-31(30-22(15)23(28)34)11-20(33)32-18-8-12(18)9-19(32)24(35)29-17-7-3-5-14(21(17)27)13-4-1-2-6-16(13)26/h1-7,10,12,18-19,23,34H,8-9,11,28H2,(H,29,35)/t12-,18-,19+,23?/m1/s1. The highest BCUT2D eigenvalue weighted by molar-refractivity contribution is 9.10. The van der Waals surface area contributed by atoms with E-state index in [-0.39, 0.29) is 41.4 Å². The van der Waals surface area contributed by atoms with Crippen molar-refractivity contribution in [3.8, 4) is 11.1 Å². The smallest absolute Gasteiger partial charge is 0.247 e. The quantitative estimate of drug-likeness (QED) is 0.397. The molecule has 0 bridgehead atoms. The van der Waals surface area contributed by atoms with Crippen LogP contribution in [-0.2, 0) is 16.1 Å². The SMILES string of the molecule is NC(O)c1nn(CC(=O)N2[C@@H]3C[C@@H]3C[C@H]2C(=O)Nc2cccc(-c3ccccc3Cl)c2F)cc1Br. The van der Waals surface area contributed by atoms with E-state index in [1.54, 1.807) is 47.5 Å². The van der Waals surface area contributed by atoms with Gasteiger partial charge in [-0.3, -0.25) is 14.3 Å². The molecule has 2 heterocycles. The number of aliphatic hydroxyl groups is 1. The number of aliphatic hydroxyl groups excluding tert-OH is 1. The first-order valence-electron chi connectivity index (χ1n) is 11.1. The van der Waals surface area contributed by atoms with Crippen LogP contribution in [-0.4, -0.2) is 43.7 Å². The minimum Gasteiger partial charge on any atom is -0.373 e. The third-order valence-electron chi connectivity index (χ3n) is 6.44. The molecule has 1 saturated carbocycles. The van der Waals surface area contributed by atoms with Crippen LogP contribution in [0.3, 0.4) is 0 Å². The number of halogens is 3. The van der Waals surface area contributed by atoms with Crippen LogP contribution in [0.25, 0.3) is 11.1 Å². The van der Waals surface area contributed by atoms with Gasteiger partial charge in [-0.05, 0) is 46.8 Å². The lowest BCUT2D eigenvalue weighted by Gasteiger charge is -2.27. The molecule has 1 aliphatic heterocycles. The topological polar surface area (TPSA) is 113 Å². The number of carbonyl (C=O) groups excluding carboxylic acids is 2. The number of nitrogens with zero attached hydrogens (tertiary/aromatic N) is 3. The number of rotatable bonds is 6. The summed E-state index contributed by atoms with van der Waals surface area (Å²) in [6, 6.07) is 10.9. The van der Waals surface area contributed by atoms with Crippen molar-refractivity contribution in [3.63, 3.8) is 0 Å². The van der Waals surface area contributed by atoms with Crippen molar-refractivity contribution in [1.82, 2.24) is 14.7 Å². The van der Waals surface area contributed by atoms with Gasteiger partial charge in [0.15, 0.2) is 5.82 Å². The third kappa shape index (κ3) is 4.58. The summed E-state index contributed by atoms with van der Waals surface area (Å²) in [6.45, 7) is -0.116. The van der Waals surface area contributed by atoms with Gasteiger partial charge in [-0.2, -0.15) is 5.10 Å². The molecule has 2 amide bonds. The number of carbonyl (C=O) groups is 2. The number of anilines is 1. The molecular formula is C24H22BrClFN5O3. The van der Waals surface area contributed by atoms with Gasteiger partial charge >= 0.3 is 0 Å². The van der Waals surface area contributed by atoms with Crippen LogP contribution in [0, 0.1) is 11.7 Å². The highest BCUT2D eigenvalue weighted by Gasteiger charge is 2.56. The van der Waals surface area contributed by atoms with Crippen molar-refractivity contribution < 1.29 is 19.1 Å². The molecule has 2 aromatic carbocycles. The van der Waals surface area contributed by atoms with Crippen molar-refractivity contribution >= 4 is 45.0 Å². The van der Waals surface area contributed by atoms with Gasteiger partial charge in [0.05, 0.1) is 10.2 Å². The fourth-order valence-electron chi connectivity index (χ4n) is 4.70. The summed E-state index contributed by atoms with van der Waals surface area (Å²) in [5.74, 6) is -1.07. The van der Waals surface area contributed by atoms with E-state index in [9.17, 15) is 14.7 Å². The lowest BCUT2D eigenvalue weighted by Crippen LogP contribution is -2.46. The Labute approximate surface area is 214 Å². The van der Waals surface area contributed by atoms with Gasteiger partial charge < -0.3 is 21.1 Å². The van der Waals surface area contributed by atoms with Crippen molar-refractivity contribution in [2.45, 2.75) is 37.7 Å². The maximum atomic E-state index is 15.3. The van der Waals surface area contributed by atoms with E-state index in [2.05, 4.69) is 26.3 Å². The number of nitrogens with two attached hydrogens (primary N) is 1. The Hall–Kier alpha value is -2.79. The van der Waals surface area contributed by atoms with Crippen molar-refractivity contribution in [1.29, 1.82) is 0 Å². The Morgan fingerprint density at radius 2 is 1.97 bits per heavy atom. The van der Waals surface area contributed by atoms with Crippen LogP contribution in [0.15, 0.2) is 53.1 Å².